The van der Waals surface area contributed by atoms with Crippen LogP contribution in [0.3, 0.4) is 0 Å². The summed E-state index contributed by atoms with van der Waals surface area (Å²) in [4.78, 5) is 28.9. The lowest BCUT2D eigenvalue weighted by atomic mass is 10.00. The first-order valence-corrected chi connectivity index (χ1v) is 10.9. The average Bonchev–Trinajstić information content (AvgIpc) is 2.98. The molecular weight excluding hydrogens is 448 g/mol. The third-order valence-electron chi connectivity index (χ3n) is 5.11. The van der Waals surface area contributed by atoms with E-state index in [9.17, 15) is 9.59 Å². The molecule has 2 aromatic rings. The zero-order valence-corrected chi connectivity index (χ0v) is 17.7. The number of halogens is 2. The van der Waals surface area contributed by atoms with E-state index in [1.807, 2.05) is 58.3 Å². The van der Waals surface area contributed by atoms with Crippen molar-refractivity contribution in [2.75, 3.05) is 23.7 Å². The first-order valence-electron chi connectivity index (χ1n) is 8.76. The van der Waals surface area contributed by atoms with Gasteiger partial charge < -0.3 is 4.90 Å². The number of amides is 2. The average molecular weight is 466 g/mol. The molecule has 2 heterocycles. The van der Waals surface area contributed by atoms with E-state index in [0.717, 1.165) is 23.0 Å². The van der Waals surface area contributed by atoms with Crippen LogP contribution in [-0.4, -0.2) is 40.4 Å². The van der Waals surface area contributed by atoms with E-state index in [1.165, 1.54) is 0 Å². The van der Waals surface area contributed by atoms with Crippen molar-refractivity contribution < 1.29 is 9.59 Å². The van der Waals surface area contributed by atoms with Crippen LogP contribution in [-0.2, 0) is 4.79 Å². The second-order valence-corrected chi connectivity index (χ2v) is 9.43. The maximum Gasteiger partial charge on any atom is 0.253 e. The third kappa shape index (κ3) is 3.62. The van der Waals surface area contributed by atoms with E-state index in [4.69, 9.17) is 11.6 Å². The molecule has 2 aromatic carbocycles. The third-order valence-corrected chi connectivity index (χ3v) is 7.37. The van der Waals surface area contributed by atoms with Gasteiger partial charge in [-0.25, -0.2) is 0 Å². The molecule has 1 spiro atoms. The smallest absolute Gasteiger partial charge is 0.253 e. The Balaban J connectivity index is 1.52. The predicted octanol–water partition coefficient (Wildman–Crippen LogP) is 4.81. The number of nitrogens with zero attached hydrogens (tertiary/aromatic N) is 2. The van der Waals surface area contributed by atoms with Crippen LogP contribution in [0.25, 0.3) is 0 Å². The molecule has 0 radical (unpaired) electrons. The van der Waals surface area contributed by atoms with Crippen LogP contribution < -0.4 is 4.90 Å². The van der Waals surface area contributed by atoms with E-state index in [1.54, 1.807) is 11.8 Å². The summed E-state index contributed by atoms with van der Waals surface area (Å²) in [6.07, 6.45) is 1.51. The van der Waals surface area contributed by atoms with E-state index >= 15 is 0 Å². The highest BCUT2D eigenvalue weighted by Crippen LogP contribution is 2.47. The highest BCUT2D eigenvalue weighted by atomic mass is 79.9. The fourth-order valence-electron chi connectivity index (χ4n) is 3.75. The van der Waals surface area contributed by atoms with E-state index in [-0.39, 0.29) is 16.7 Å². The molecule has 2 fully saturated rings. The maximum atomic E-state index is 12.8. The minimum atomic E-state index is -0.279. The molecule has 0 aromatic heterocycles. The van der Waals surface area contributed by atoms with Crippen molar-refractivity contribution in [3.63, 3.8) is 0 Å². The van der Waals surface area contributed by atoms with Gasteiger partial charge in [-0.3, -0.25) is 14.5 Å². The number of benzene rings is 2. The molecule has 2 aliphatic rings. The maximum absolute atomic E-state index is 12.8. The summed E-state index contributed by atoms with van der Waals surface area (Å²) < 4.78 is 0.896. The Kier molecular flexibility index (Phi) is 5.23. The number of rotatable bonds is 2. The molecular formula is C20H18BrClN2O2S. The molecule has 2 saturated heterocycles. The van der Waals surface area contributed by atoms with Crippen molar-refractivity contribution in [3.05, 3.63) is 63.6 Å². The van der Waals surface area contributed by atoms with Crippen LogP contribution in [0.5, 0.6) is 0 Å². The van der Waals surface area contributed by atoms with Crippen LogP contribution in [0.4, 0.5) is 5.69 Å². The van der Waals surface area contributed by atoms with E-state index < -0.39 is 0 Å². The number of likely N-dealkylation sites (tertiary alicyclic amines) is 1. The largest absolute Gasteiger partial charge is 0.338 e. The standard InChI is InChI=1S/C20H18BrClN2O2S/c21-15-3-1-2-14(12-15)19(26)23-10-8-20(9-11-23)24(18(25)13-27-20)17-6-4-16(22)5-7-17/h1-7,12H,8-11,13H2. The molecule has 27 heavy (non-hydrogen) atoms. The zero-order chi connectivity index (χ0) is 19.0. The van der Waals surface area contributed by atoms with Gasteiger partial charge >= 0.3 is 0 Å². The van der Waals surface area contributed by atoms with E-state index in [2.05, 4.69) is 15.9 Å². The molecule has 4 rings (SSSR count). The van der Waals surface area contributed by atoms with Gasteiger partial charge in [0.25, 0.3) is 5.91 Å². The highest BCUT2D eigenvalue weighted by molar-refractivity contribution is 9.10. The summed E-state index contributed by atoms with van der Waals surface area (Å²) in [5.41, 5.74) is 1.56. The Morgan fingerprint density at radius 3 is 2.48 bits per heavy atom. The van der Waals surface area contributed by atoms with Crippen molar-refractivity contribution in [2.24, 2.45) is 0 Å². The molecule has 0 N–H and O–H groups in total. The van der Waals surface area contributed by atoms with Gasteiger partial charge in [-0.15, -0.1) is 11.8 Å². The Hall–Kier alpha value is -1.50. The summed E-state index contributed by atoms with van der Waals surface area (Å²) in [5.74, 6) is 0.634. The summed E-state index contributed by atoms with van der Waals surface area (Å²) in [7, 11) is 0. The van der Waals surface area contributed by atoms with Gasteiger partial charge in [-0.1, -0.05) is 33.6 Å². The first kappa shape index (κ1) is 18.8. The minimum Gasteiger partial charge on any atom is -0.338 e. The first-order chi connectivity index (χ1) is 13.0. The monoisotopic (exact) mass is 464 g/mol. The fraction of sp³-hybridized carbons (Fsp3) is 0.300. The zero-order valence-electron chi connectivity index (χ0n) is 14.5. The lowest BCUT2D eigenvalue weighted by molar-refractivity contribution is -0.116. The molecule has 0 aliphatic carbocycles. The lowest BCUT2D eigenvalue weighted by Crippen LogP contribution is -2.53. The number of carbonyl (C=O) groups excluding carboxylic acids is 2. The fourth-order valence-corrected chi connectivity index (χ4v) is 5.61. The normalized spacial score (nSPS) is 19.0. The summed E-state index contributed by atoms with van der Waals surface area (Å²) in [6, 6.07) is 14.9. The van der Waals surface area contributed by atoms with Gasteiger partial charge in [0.15, 0.2) is 0 Å². The minimum absolute atomic E-state index is 0.0403. The molecule has 0 bridgehead atoms. The van der Waals surface area contributed by atoms with Crippen molar-refractivity contribution in [3.8, 4) is 0 Å². The second kappa shape index (κ2) is 7.49. The molecule has 140 valence electrons. The quantitative estimate of drug-likeness (QED) is 0.639. The molecule has 0 unspecified atom stereocenters. The summed E-state index contributed by atoms with van der Waals surface area (Å²) in [6.45, 7) is 1.27. The summed E-state index contributed by atoms with van der Waals surface area (Å²) >= 11 is 11.1. The van der Waals surface area contributed by atoms with Crippen molar-refractivity contribution >= 4 is 56.8 Å². The number of thioether (sulfide) groups is 1. The highest BCUT2D eigenvalue weighted by Gasteiger charge is 2.49. The second-order valence-electron chi connectivity index (χ2n) is 6.74. The van der Waals surface area contributed by atoms with Crippen LogP contribution in [0.2, 0.25) is 5.02 Å². The van der Waals surface area contributed by atoms with Crippen LogP contribution in [0.1, 0.15) is 23.2 Å². The molecule has 7 heteroatoms. The van der Waals surface area contributed by atoms with Gasteiger partial charge in [0.05, 0.1) is 10.6 Å². The Morgan fingerprint density at radius 1 is 1.11 bits per heavy atom. The van der Waals surface area contributed by atoms with Crippen LogP contribution in [0, 0.1) is 0 Å². The Labute approximate surface area is 176 Å². The SMILES string of the molecule is O=C(c1cccc(Br)c1)N1CCC2(CC1)SCC(=O)N2c1ccc(Cl)cc1. The van der Waals surface area contributed by atoms with Crippen LogP contribution >= 0.6 is 39.3 Å². The van der Waals surface area contributed by atoms with Crippen molar-refractivity contribution in [2.45, 2.75) is 17.7 Å². The number of hydrogen-bond donors (Lipinski definition) is 0. The molecule has 2 amide bonds. The van der Waals surface area contributed by atoms with Gasteiger partial charge in [0.1, 0.15) is 0 Å². The number of hydrogen-bond acceptors (Lipinski definition) is 3. The summed E-state index contributed by atoms with van der Waals surface area (Å²) in [5, 5.41) is 0.654. The number of piperidine rings is 1. The Bertz CT molecular complexity index is 882. The molecule has 0 atom stereocenters. The van der Waals surface area contributed by atoms with Gasteiger partial charge in [0.2, 0.25) is 5.91 Å². The topological polar surface area (TPSA) is 40.6 Å². The van der Waals surface area contributed by atoms with Gasteiger partial charge in [-0.2, -0.15) is 0 Å². The molecule has 2 aliphatic heterocycles. The lowest BCUT2D eigenvalue weighted by Gasteiger charge is -2.44. The molecule has 4 nitrogen and oxygen atoms in total. The van der Waals surface area contributed by atoms with Gasteiger partial charge in [-0.05, 0) is 55.3 Å². The number of anilines is 1. The van der Waals surface area contributed by atoms with Crippen molar-refractivity contribution in [1.29, 1.82) is 0 Å². The van der Waals surface area contributed by atoms with E-state index in [0.29, 0.717) is 29.4 Å². The molecule has 0 saturated carbocycles. The van der Waals surface area contributed by atoms with Crippen molar-refractivity contribution in [1.82, 2.24) is 4.90 Å². The Morgan fingerprint density at radius 2 is 1.81 bits per heavy atom. The van der Waals surface area contributed by atoms with Gasteiger partial charge in [0, 0.05) is 33.8 Å². The predicted molar refractivity (Wildman–Crippen MR) is 113 cm³/mol. The number of carbonyl (C=O) groups is 2. The van der Waals surface area contributed by atoms with Crippen LogP contribution in [0.15, 0.2) is 53.0 Å².